The van der Waals surface area contributed by atoms with E-state index in [2.05, 4.69) is 40.5 Å². The summed E-state index contributed by atoms with van der Waals surface area (Å²) in [5, 5.41) is 5.83. The molecule has 15 heteroatoms. The van der Waals surface area contributed by atoms with E-state index in [-0.39, 0.29) is 46.0 Å². The summed E-state index contributed by atoms with van der Waals surface area (Å²) in [6, 6.07) is 5.16. The maximum absolute atomic E-state index is 13.8. The highest BCUT2D eigenvalue weighted by molar-refractivity contribution is 6.30. The quantitative estimate of drug-likeness (QED) is 0.255. The Hall–Kier alpha value is -3.94. The van der Waals surface area contributed by atoms with Crippen LogP contribution < -0.4 is 20.1 Å². The van der Waals surface area contributed by atoms with Gasteiger partial charge in [-0.2, -0.15) is 9.97 Å². The zero-order valence-electron chi connectivity index (χ0n) is 23.9. The molecule has 0 aromatic carbocycles. The Kier molecular flexibility index (Phi) is 9.14. The predicted molar refractivity (Wildman–Crippen MR) is 162 cm³/mol. The zero-order chi connectivity index (χ0) is 30.6. The van der Waals surface area contributed by atoms with Crippen molar-refractivity contribution in [2.75, 3.05) is 18.5 Å². The van der Waals surface area contributed by atoms with Gasteiger partial charge in [-0.15, -0.1) is 0 Å². The molecular weight excluding hydrogens is 611 g/mol. The average molecular weight is 642 g/mol. The molecule has 1 saturated heterocycles. The fraction of sp³-hybridized carbons (Fsp3) is 0.448. The second kappa shape index (κ2) is 13.4. The normalized spacial score (nSPS) is 16.9. The minimum atomic E-state index is -1.32. The first-order chi connectivity index (χ1) is 21.3. The van der Waals surface area contributed by atoms with Crippen LogP contribution >= 0.6 is 23.2 Å². The summed E-state index contributed by atoms with van der Waals surface area (Å²) in [7, 11) is 0. The smallest absolute Gasteiger partial charge is 0.257 e. The molecule has 1 saturated carbocycles. The lowest BCUT2D eigenvalue weighted by molar-refractivity contribution is -0.125. The molecule has 1 unspecified atom stereocenters. The van der Waals surface area contributed by atoms with Crippen LogP contribution in [0.2, 0.25) is 10.3 Å². The monoisotopic (exact) mass is 640 g/mol. The van der Waals surface area contributed by atoms with Gasteiger partial charge in [-0.25, -0.2) is 19.9 Å². The molecule has 5 heterocycles. The zero-order valence-corrected chi connectivity index (χ0v) is 25.4. The fourth-order valence-corrected chi connectivity index (χ4v) is 5.51. The SMILES string of the molecule is CC(=O)NC(C(=O)Nc1nc(OC2CCCCC2)c2nc(Cl)ccc2n1)c1nc(OC2CCOCC2)c2nc(Cl)ccc2n1. The molecule has 13 nitrogen and oxygen atoms in total. The van der Waals surface area contributed by atoms with E-state index in [0.717, 1.165) is 32.1 Å². The molecule has 44 heavy (non-hydrogen) atoms. The number of nitrogens with one attached hydrogen (secondary N) is 2. The van der Waals surface area contributed by atoms with E-state index in [1.165, 1.54) is 6.92 Å². The summed E-state index contributed by atoms with van der Waals surface area (Å²) in [6.45, 7) is 2.39. The van der Waals surface area contributed by atoms with Gasteiger partial charge in [0, 0.05) is 19.8 Å². The fourth-order valence-electron chi connectivity index (χ4n) is 5.22. The van der Waals surface area contributed by atoms with E-state index >= 15 is 0 Å². The van der Waals surface area contributed by atoms with Crippen molar-refractivity contribution in [1.29, 1.82) is 0 Å². The molecule has 4 aromatic rings. The maximum Gasteiger partial charge on any atom is 0.257 e. The van der Waals surface area contributed by atoms with Gasteiger partial charge in [0.05, 0.1) is 24.2 Å². The molecule has 1 aliphatic carbocycles. The number of pyridine rings is 2. The molecule has 0 spiro atoms. The molecule has 2 N–H and O–H groups in total. The third-order valence-corrected chi connectivity index (χ3v) is 7.77. The van der Waals surface area contributed by atoms with Crippen LogP contribution in [0.5, 0.6) is 11.8 Å². The first kappa shape index (κ1) is 30.1. The van der Waals surface area contributed by atoms with E-state index in [0.29, 0.717) is 48.1 Å². The number of fused-ring (bicyclic) bond motifs is 2. The van der Waals surface area contributed by atoms with Crippen molar-refractivity contribution in [3.63, 3.8) is 0 Å². The van der Waals surface area contributed by atoms with Gasteiger partial charge in [-0.3, -0.25) is 14.9 Å². The summed E-state index contributed by atoms with van der Waals surface area (Å²) in [6.07, 6.45) is 6.12. The molecule has 2 fully saturated rings. The average Bonchev–Trinajstić information content (AvgIpc) is 3.01. The second-order valence-electron chi connectivity index (χ2n) is 10.7. The van der Waals surface area contributed by atoms with Gasteiger partial charge in [0.2, 0.25) is 23.6 Å². The number of amides is 2. The molecule has 6 rings (SSSR count). The molecule has 4 aromatic heterocycles. The van der Waals surface area contributed by atoms with Crippen LogP contribution in [-0.4, -0.2) is 67.1 Å². The van der Waals surface area contributed by atoms with Crippen molar-refractivity contribution in [3.8, 4) is 11.8 Å². The number of ether oxygens (including phenoxy) is 3. The molecule has 1 atom stereocenters. The van der Waals surface area contributed by atoms with Crippen molar-refractivity contribution < 1.29 is 23.8 Å². The minimum absolute atomic E-state index is 0.00991. The molecule has 0 bridgehead atoms. The van der Waals surface area contributed by atoms with Crippen molar-refractivity contribution in [3.05, 3.63) is 40.4 Å². The van der Waals surface area contributed by atoms with Gasteiger partial charge in [0.1, 0.15) is 22.5 Å². The number of carbonyl (C=O) groups is 2. The first-order valence-electron chi connectivity index (χ1n) is 14.5. The van der Waals surface area contributed by atoms with Gasteiger partial charge < -0.3 is 19.5 Å². The van der Waals surface area contributed by atoms with E-state index in [4.69, 9.17) is 37.4 Å². The third-order valence-electron chi connectivity index (χ3n) is 7.35. The highest BCUT2D eigenvalue weighted by Crippen LogP contribution is 2.30. The maximum atomic E-state index is 13.8. The van der Waals surface area contributed by atoms with Crippen molar-refractivity contribution in [2.45, 2.75) is 70.1 Å². The van der Waals surface area contributed by atoms with Crippen molar-refractivity contribution in [2.24, 2.45) is 0 Å². The number of nitrogens with zero attached hydrogens (tertiary/aromatic N) is 6. The lowest BCUT2D eigenvalue weighted by Gasteiger charge is -2.24. The number of hydrogen-bond acceptors (Lipinski definition) is 11. The minimum Gasteiger partial charge on any atom is -0.473 e. The van der Waals surface area contributed by atoms with Crippen LogP contribution in [0.25, 0.3) is 22.1 Å². The predicted octanol–water partition coefficient (Wildman–Crippen LogP) is 4.76. The van der Waals surface area contributed by atoms with Crippen molar-refractivity contribution >= 4 is 63.0 Å². The summed E-state index contributed by atoms with van der Waals surface area (Å²) in [5.74, 6) is -0.841. The lowest BCUT2D eigenvalue weighted by Crippen LogP contribution is -2.37. The standard InChI is InChI=1S/C29H30Cl2N8O5/c1-15(40)32-24(25-33-18-7-9-20(30)35-22(18)27(37-25)44-17-11-13-42-14-12-17)26(41)38-29-34-19-8-10-21(31)36-23(19)28(39-29)43-16-5-3-2-4-6-16/h7-10,16-17,24H,2-6,11-14H2,1H3,(H,32,40)(H,34,38,39,41). The Morgan fingerprint density at radius 2 is 1.39 bits per heavy atom. The molecule has 230 valence electrons. The number of rotatable bonds is 8. The molecule has 0 radical (unpaired) electrons. The van der Waals surface area contributed by atoms with Crippen LogP contribution in [-0.2, 0) is 14.3 Å². The van der Waals surface area contributed by atoms with Gasteiger partial charge in [0.25, 0.3) is 5.91 Å². The Morgan fingerprint density at radius 3 is 2.02 bits per heavy atom. The Morgan fingerprint density at radius 1 is 0.795 bits per heavy atom. The topological polar surface area (TPSA) is 163 Å². The van der Waals surface area contributed by atoms with Gasteiger partial charge >= 0.3 is 0 Å². The number of hydrogen-bond donors (Lipinski definition) is 2. The second-order valence-corrected chi connectivity index (χ2v) is 11.4. The van der Waals surface area contributed by atoms with Gasteiger partial charge in [0.15, 0.2) is 22.9 Å². The van der Waals surface area contributed by atoms with Crippen LogP contribution in [0, 0.1) is 0 Å². The van der Waals surface area contributed by atoms with Crippen LogP contribution in [0.15, 0.2) is 24.3 Å². The number of carbonyl (C=O) groups excluding carboxylic acids is 2. The summed E-state index contributed by atoms with van der Waals surface area (Å²) < 4.78 is 17.9. The van der Waals surface area contributed by atoms with E-state index < -0.39 is 17.9 Å². The molecule has 1 aliphatic heterocycles. The Balaban J connectivity index is 1.34. The molecule has 2 amide bonds. The van der Waals surface area contributed by atoms with E-state index in [9.17, 15) is 9.59 Å². The largest absolute Gasteiger partial charge is 0.473 e. The van der Waals surface area contributed by atoms with E-state index in [1.54, 1.807) is 24.3 Å². The lowest BCUT2D eigenvalue weighted by atomic mass is 9.98. The molecular formula is C29H30Cl2N8O5. The van der Waals surface area contributed by atoms with Crippen LogP contribution in [0.4, 0.5) is 5.95 Å². The highest BCUT2D eigenvalue weighted by atomic mass is 35.5. The van der Waals surface area contributed by atoms with Gasteiger partial charge in [-0.05, 0) is 49.9 Å². The van der Waals surface area contributed by atoms with Crippen molar-refractivity contribution in [1.82, 2.24) is 35.2 Å². The summed E-state index contributed by atoms with van der Waals surface area (Å²) in [4.78, 5) is 52.8. The third kappa shape index (κ3) is 7.06. The Bertz CT molecular complexity index is 1700. The number of aromatic nitrogens is 6. The number of halogens is 2. The van der Waals surface area contributed by atoms with E-state index in [1.807, 2.05) is 0 Å². The summed E-state index contributed by atoms with van der Waals surface area (Å²) >= 11 is 12.3. The number of anilines is 1. The Labute approximate surface area is 262 Å². The van der Waals surface area contributed by atoms with Crippen LogP contribution in [0.3, 0.4) is 0 Å². The van der Waals surface area contributed by atoms with Crippen LogP contribution in [0.1, 0.15) is 63.7 Å². The highest BCUT2D eigenvalue weighted by Gasteiger charge is 2.29. The molecule has 2 aliphatic rings. The van der Waals surface area contributed by atoms with Gasteiger partial charge in [-0.1, -0.05) is 29.6 Å². The summed E-state index contributed by atoms with van der Waals surface area (Å²) in [5.41, 5.74) is 1.54. The first-order valence-corrected chi connectivity index (χ1v) is 15.3.